The van der Waals surface area contributed by atoms with Crippen LogP contribution < -0.4 is 9.64 Å². The van der Waals surface area contributed by atoms with Gasteiger partial charge >= 0.3 is 6.18 Å². The third-order valence-corrected chi connectivity index (χ3v) is 3.99. The molecule has 0 aromatic carbocycles. The van der Waals surface area contributed by atoms with Crippen molar-refractivity contribution in [2.75, 3.05) is 18.0 Å². The summed E-state index contributed by atoms with van der Waals surface area (Å²) in [6.07, 6.45) is 0.542. The number of hydrogen-bond acceptors (Lipinski definition) is 4. The van der Waals surface area contributed by atoms with E-state index in [-0.39, 0.29) is 12.0 Å². The number of hydrogen-bond donors (Lipinski definition) is 0. The quantitative estimate of drug-likeness (QED) is 0.799. The fourth-order valence-corrected chi connectivity index (χ4v) is 2.77. The molecule has 2 aromatic rings. The predicted molar refractivity (Wildman–Crippen MR) is 82.4 cm³/mol. The Morgan fingerprint density at radius 2 is 2.04 bits per heavy atom. The summed E-state index contributed by atoms with van der Waals surface area (Å²) < 4.78 is 44.1. The van der Waals surface area contributed by atoms with E-state index in [1.807, 2.05) is 6.07 Å². The molecular formula is C15H13BrF3N3O. The van der Waals surface area contributed by atoms with Gasteiger partial charge in [0, 0.05) is 35.9 Å². The van der Waals surface area contributed by atoms with Gasteiger partial charge in [-0.3, -0.25) is 4.98 Å². The normalized spacial score (nSPS) is 18.3. The van der Waals surface area contributed by atoms with Crippen molar-refractivity contribution in [3.8, 4) is 5.88 Å². The summed E-state index contributed by atoms with van der Waals surface area (Å²) in [5.74, 6) is 0.206. The summed E-state index contributed by atoms with van der Waals surface area (Å²) in [6.45, 7) is 1.43. The van der Waals surface area contributed by atoms with E-state index in [1.165, 1.54) is 6.07 Å². The molecule has 4 nitrogen and oxygen atoms in total. The van der Waals surface area contributed by atoms with Crippen LogP contribution >= 0.6 is 15.9 Å². The van der Waals surface area contributed by atoms with E-state index in [2.05, 4.69) is 30.8 Å². The molecule has 1 aliphatic heterocycles. The maximum atomic E-state index is 12.5. The van der Waals surface area contributed by atoms with E-state index < -0.39 is 11.7 Å². The lowest BCUT2D eigenvalue weighted by Gasteiger charge is -2.18. The van der Waals surface area contributed by atoms with Gasteiger partial charge in [0.1, 0.15) is 6.10 Å². The first-order valence-electron chi connectivity index (χ1n) is 6.97. The number of halogens is 4. The van der Waals surface area contributed by atoms with Crippen LogP contribution in [0, 0.1) is 0 Å². The molecule has 1 saturated heterocycles. The molecule has 0 aliphatic carbocycles. The first kappa shape index (κ1) is 16.0. The Kier molecular flexibility index (Phi) is 4.43. The highest BCUT2D eigenvalue weighted by molar-refractivity contribution is 9.10. The molecule has 1 fully saturated rings. The summed E-state index contributed by atoms with van der Waals surface area (Å²) >= 11 is 3.38. The largest absolute Gasteiger partial charge is 0.472 e. The number of nitrogens with zero attached hydrogens (tertiary/aromatic N) is 3. The van der Waals surface area contributed by atoms with Crippen molar-refractivity contribution in [2.45, 2.75) is 18.7 Å². The third-order valence-electron chi connectivity index (χ3n) is 3.55. The highest BCUT2D eigenvalue weighted by Gasteiger charge is 2.31. The molecule has 8 heteroatoms. The topological polar surface area (TPSA) is 38.2 Å². The molecule has 0 bridgehead atoms. The van der Waals surface area contributed by atoms with E-state index >= 15 is 0 Å². The van der Waals surface area contributed by atoms with Gasteiger partial charge in [-0.05, 0) is 28.1 Å². The van der Waals surface area contributed by atoms with Crippen molar-refractivity contribution in [1.29, 1.82) is 0 Å². The Balaban J connectivity index is 1.62. The number of ether oxygens (including phenoxy) is 1. The molecule has 1 atom stereocenters. The van der Waals surface area contributed by atoms with Gasteiger partial charge in [0.05, 0.1) is 24.0 Å². The molecule has 1 aliphatic rings. The SMILES string of the molecule is FC(F)(F)c1ccc(O[C@H]2CCN(c3cncc(Br)c3)C2)nc1. The fourth-order valence-electron chi connectivity index (χ4n) is 2.42. The van der Waals surface area contributed by atoms with Gasteiger partial charge in [0.2, 0.25) is 5.88 Å². The maximum Gasteiger partial charge on any atom is 0.417 e. The van der Waals surface area contributed by atoms with Crippen LogP contribution in [0.4, 0.5) is 18.9 Å². The molecule has 0 saturated carbocycles. The van der Waals surface area contributed by atoms with Crippen LogP contribution in [0.15, 0.2) is 41.3 Å². The second kappa shape index (κ2) is 6.35. The molecule has 0 spiro atoms. The molecule has 0 N–H and O–H groups in total. The molecule has 0 amide bonds. The standard InChI is InChI=1S/C15H13BrF3N3O/c16-11-5-12(8-20-7-11)22-4-3-13(9-22)23-14-2-1-10(6-21-14)15(17,18)19/h1-2,5-8,13H,3-4,9H2/t13-/m0/s1. The Morgan fingerprint density at radius 1 is 1.22 bits per heavy atom. The van der Waals surface area contributed by atoms with Crippen molar-refractivity contribution in [3.63, 3.8) is 0 Å². The van der Waals surface area contributed by atoms with Crippen LogP contribution in [-0.2, 0) is 6.18 Å². The number of anilines is 1. The highest BCUT2D eigenvalue weighted by Crippen LogP contribution is 2.30. The first-order valence-corrected chi connectivity index (χ1v) is 7.76. The summed E-state index contributed by atoms with van der Waals surface area (Å²) in [5, 5.41) is 0. The Bertz CT molecular complexity index is 678. The third kappa shape index (κ3) is 3.93. The molecule has 3 rings (SSSR count). The molecule has 23 heavy (non-hydrogen) atoms. The molecule has 0 unspecified atom stereocenters. The minimum atomic E-state index is -4.39. The summed E-state index contributed by atoms with van der Waals surface area (Å²) in [5.41, 5.74) is 0.198. The van der Waals surface area contributed by atoms with Crippen LogP contribution in [-0.4, -0.2) is 29.2 Å². The zero-order valence-corrected chi connectivity index (χ0v) is 13.5. The van der Waals surface area contributed by atoms with Crippen LogP contribution in [0.2, 0.25) is 0 Å². The lowest BCUT2D eigenvalue weighted by atomic mass is 10.3. The first-order chi connectivity index (χ1) is 10.9. The summed E-state index contributed by atoms with van der Waals surface area (Å²) in [4.78, 5) is 9.98. The number of alkyl halides is 3. The zero-order valence-electron chi connectivity index (χ0n) is 11.9. The van der Waals surface area contributed by atoms with E-state index in [0.717, 1.165) is 35.4 Å². The van der Waals surface area contributed by atoms with Gasteiger partial charge in [-0.25, -0.2) is 4.98 Å². The van der Waals surface area contributed by atoms with Crippen molar-refractivity contribution in [1.82, 2.24) is 9.97 Å². The Hall–Kier alpha value is -1.83. The second-order valence-corrected chi connectivity index (χ2v) is 6.13. The number of aromatic nitrogens is 2. The van der Waals surface area contributed by atoms with E-state index in [0.29, 0.717) is 6.54 Å². The molecule has 3 heterocycles. The van der Waals surface area contributed by atoms with Crippen molar-refractivity contribution < 1.29 is 17.9 Å². The van der Waals surface area contributed by atoms with Crippen LogP contribution in [0.3, 0.4) is 0 Å². The van der Waals surface area contributed by atoms with E-state index in [1.54, 1.807) is 12.4 Å². The number of pyridine rings is 2. The molecule has 0 radical (unpaired) electrons. The lowest BCUT2D eigenvalue weighted by Crippen LogP contribution is -2.24. The highest BCUT2D eigenvalue weighted by atomic mass is 79.9. The van der Waals surface area contributed by atoms with Crippen LogP contribution in [0.5, 0.6) is 5.88 Å². The lowest BCUT2D eigenvalue weighted by molar-refractivity contribution is -0.137. The minimum absolute atomic E-state index is 0.113. The predicted octanol–water partition coefficient (Wildman–Crippen LogP) is 3.92. The number of rotatable bonds is 3. The van der Waals surface area contributed by atoms with Crippen molar-refractivity contribution in [2.24, 2.45) is 0 Å². The fraction of sp³-hybridized carbons (Fsp3) is 0.333. The monoisotopic (exact) mass is 387 g/mol. The maximum absolute atomic E-state index is 12.5. The van der Waals surface area contributed by atoms with Crippen molar-refractivity contribution in [3.05, 3.63) is 46.8 Å². The molecule has 122 valence electrons. The average Bonchev–Trinajstić information content (AvgIpc) is 2.95. The van der Waals surface area contributed by atoms with E-state index in [9.17, 15) is 13.2 Å². The van der Waals surface area contributed by atoms with Crippen LogP contribution in [0.25, 0.3) is 0 Å². The van der Waals surface area contributed by atoms with Crippen molar-refractivity contribution >= 4 is 21.6 Å². The van der Waals surface area contributed by atoms with Gasteiger partial charge in [-0.1, -0.05) is 0 Å². The average molecular weight is 388 g/mol. The van der Waals surface area contributed by atoms with Gasteiger partial charge < -0.3 is 9.64 Å². The van der Waals surface area contributed by atoms with Gasteiger partial charge in [0.25, 0.3) is 0 Å². The Labute approximate surface area is 139 Å². The Morgan fingerprint density at radius 3 is 2.70 bits per heavy atom. The second-order valence-electron chi connectivity index (χ2n) is 5.22. The van der Waals surface area contributed by atoms with Gasteiger partial charge in [-0.15, -0.1) is 0 Å². The molecular weight excluding hydrogens is 375 g/mol. The van der Waals surface area contributed by atoms with Crippen LogP contribution in [0.1, 0.15) is 12.0 Å². The zero-order chi connectivity index (χ0) is 16.4. The van der Waals surface area contributed by atoms with E-state index in [4.69, 9.17) is 4.74 Å². The van der Waals surface area contributed by atoms with Gasteiger partial charge in [-0.2, -0.15) is 13.2 Å². The summed E-state index contributed by atoms with van der Waals surface area (Å²) in [6, 6.07) is 4.20. The smallest absolute Gasteiger partial charge is 0.417 e. The minimum Gasteiger partial charge on any atom is -0.472 e. The summed E-state index contributed by atoms with van der Waals surface area (Å²) in [7, 11) is 0. The molecule has 2 aromatic heterocycles. The van der Waals surface area contributed by atoms with Gasteiger partial charge in [0.15, 0.2) is 0 Å².